The molecule has 1 amide bonds. The van der Waals surface area contributed by atoms with Gasteiger partial charge in [0.05, 0.1) is 26.9 Å². The van der Waals surface area contributed by atoms with E-state index in [1.54, 1.807) is 11.3 Å². The van der Waals surface area contributed by atoms with Gasteiger partial charge in [-0.3, -0.25) is 4.79 Å². The van der Waals surface area contributed by atoms with E-state index in [1.807, 2.05) is 30.3 Å². The fourth-order valence-corrected chi connectivity index (χ4v) is 4.54. The van der Waals surface area contributed by atoms with Gasteiger partial charge in [0.2, 0.25) is 5.91 Å². The average Bonchev–Trinajstić information content (AvgIpc) is 2.97. The summed E-state index contributed by atoms with van der Waals surface area (Å²) in [5.74, 6) is -0.277. The molecule has 0 aliphatic heterocycles. The van der Waals surface area contributed by atoms with Gasteiger partial charge in [0.15, 0.2) is 0 Å². The number of fused-ring (bicyclic) bond motifs is 1. The molecule has 3 rings (SSSR count). The van der Waals surface area contributed by atoms with E-state index in [9.17, 15) is 13.2 Å². The van der Waals surface area contributed by atoms with Crippen LogP contribution in [0.4, 0.5) is 0 Å². The van der Waals surface area contributed by atoms with Crippen LogP contribution in [0.2, 0.25) is 0 Å². The first-order chi connectivity index (χ1) is 11.4. The Morgan fingerprint density at radius 3 is 2.79 bits per heavy atom. The molecule has 2 atom stereocenters. The van der Waals surface area contributed by atoms with Gasteiger partial charge < -0.3 is 5.32 Å². The lowest BCUT2D eigenvalue weighted by Crippen LogP contribution is -2.37. The van der Waals surface area contributed by atoms with Crippen LogP contribution in [0, 0.1) is 5.92 Å². The van der Waals surface area contributed by atoms with Crippen LogP contribution in [0.5, 0.6) is 0 Å². The van der Waals surface area contributed by atoms with Gasteiger partial charge >= 0.3 is 0 Å². The molecule has 1 aromatic carbocycles. The number of hydrogen-bond acceptors (Lipinski definition) is 5. The van der Waals surface area contributed by atoms with Crippen molar-refractivity contribution in [3.05, 3.63) is 41.4 Å². The molecular formula is C17H20N2O3S2. The molecule has 1 aliphatic carbocycles. The number of carbonyl (C=O) groups is 1. The predicted octanol–water partition coefficient (Wildman–Crippen LogP) is 2.51. The van der Waals surface area contributed by atoms with Crippen molar-refractivity contribution in [2.24, 2.45) is 5.92 Å². The lowest BCUT2D eigenvalue weighted by molar-refractivity contribution is -0.125. The first kappa shape index (κ1) is 17.1. The summed E-state index contributed by atoms with van der Waals surface area (Å²) in [5, 5.41) is 3.74. The van der Waals surface area contributed by atoms with Crippen LogP contribution in [0.25, 0.3) is 10.2 Å². The van der Waals surface area contributed by atoms with Crippen LogP contribution in [-0.2, 0) is 14.6 Å². The zero-order valence-corrected chi connectivity index (χ0v) is 15.1. The molecule has 7 heteroatoms. The zero-order valence-electron chi connectivity index (χ0n) is 13.4. The van der Waals surface area contributed by atoms with Gasteiger partial charge in [0.1, 0.15) is 9.84 Å². The van der Waals surface area contributed by atoms with E-state index in [2.05, 4.69) is 11.4 Å². The van der Waals surface area contributed by atoms with Gasteiger partial charge in [-0.2, -0.15) is 0 Å². The van der Waals surface area contributed by atoms with Crippen molar-refractivity contribution in [1.29, 1.82) is 0 Å². The average molecular weight is 364 g/mol. The molecule has 0 radical (unpaired) electrons. The largest absolute Gasteiger partial charge is 0.355 e. The lowest BCUT2D eigenvalue weighted by Gasteiger charge is -2.26. The number of benzene rings is 1. The second-order valence-electron chi connectivity index (χ2n) is 6.10. The maximum absolute atomic E-state index is 12.5. The van der Waals surface area contributed by atoms with E-state index < -0.39 is 9.84 Å². The highest BCUT2D eigenvalue weighted by Crippen LogP contribution is 2.38. The molecule has 5 nitrogen and oxygen atoms in total. The van der Waals surface area contributed by atoms with Crippen LogP contribution in [-0.4, -0.2) is 37.9 Å². The number of carbonyl (C=O) groups excluding carboxylic acids is 1. The van der Waals surface area contributed by atoms with Crippen molar-refractivity contribution >= 4 is 37.3 Å². The number of hydrogen-bond donors (Lipinski definition) is 1. The van der Waals surface area contributed by atoms with Gasteiger partial charge in [-0.15, -0.1) is 11.3 Å². The van der Waals surface area contributed by atoms with Crippen molar-refractivity contribution in [2.75, 3.05) is 18.6 Å². The molecule has 1 N–H and O–H groups in total. The summed E-state index contributed by atoms with van der Waals surface area (Å²) in [5.41, 5.74) is 0.961. The molecule has 0 spiro atoms. The Morgan fingerprint density at radius 2 is 2.04 bits per heavy atom. The smallest absolute Gasteiger partial charge is 0.224 e. The minimum absolute atomic E-state index is 0.0346. The van der Waals surface area contributed by atoms with E-state index in [4.69, 9.17) is 4.98 Å². The van der Waals surface area contributed by atoms with Crippen LogP contribution in [0.1, 0.15) is 23.8 Å². The maximum Gasteiger partial charge on any atom is 0.224 e. The first-order valence-electron chi connectivity index (χ1n) is 7.90. The Morgan fingerprint density at radius 1 is 1.29 bits per heavy atom. The second kappa shape index (κ2) is 7.03. The van der Waals surface area contributed by atoms with Crippen molar-refractivity contribution in [3.63, 3.8) is 0 Å². The number of para-hydroxylation sites is 1. The van der Waals surface area contributed by atoms with Crippen LogP contribution in [0.15, 0.2) is 36.4 Å². The normalized spacial score (nSPS) is 21.0. The predicted molar refractivity (Wildman–Crippen MR) is 96.9 cm³/mol. The summed E-state index contributed by atoms with van der Waals surface area (Å²) in [4.78, 5) is 17.2. The number of amides is 1. The second-order valence-corrected chi connectivity index (χ2v) is 9.42. The fourth-order valence-electron chi connectivity index (χ4n) is 2.92. The van der Waals surface area contributed by atoms with Gasteiger partial charge in [-0.05, 0) is 25.0 Å². The number of aromatic nitrogens is 1. The number of allylic oxidation sites excluding steroid dienone is 2. The van der Waals surface area contributed by atoms with Crippen LogP contribution in [0.3, 0.4) is 0 Å². The minimum atomic E-state index is -3.07. The molecule has 0 fully saturated rings. The SMILES string of the molecule is CS(=O)(=O)CCNC(=O)[C@@H]1CC=CC[C@H]1c1nc2ccccc2s1. The monoisotopic (exact) mass is 364 g/mol. The summed E-state index contributed by atoms with van der Waals surface area (Å²) in [6, 6.07) is 7.97. The van der Waals surface area contributed by atoms with E-state index >= 15 is 0 Å². The quantitative estimate of drug-likeness (QED) is 0.827. The summed E-state index contributed by atoms with van der Waals surface area (Å²) >= 11 is 1.63. The molecule has 0 saturated carbocycles. The van der Waals surface area contributed by atoms with E-state index in [1.165, 1.54) is 6.26 Å². The Labute approximate surface area is 145 Å². The van der Waals surface area contributed by atoms with E-state index in [-0.39, 0.29) is 30.0 Å². The number of sulfone groups is 1. The Bertz CT molecular complexity index is 838. The van der Waals surface area contributed by atoms with Gasteiger partial charge in [-0.25, -0.2) is 13.4 Å². The maximum atomic E-state index is 12.5. The van der Waals surface area contributed by atoms with Crippen molar-refractivity contribution in [1.82, 2.24) is 10.3 Å². The third-order valence-corrected chi connectivity index (χ3v) is 6.28. The Kier molecular flexibility index (Phi) is 5.01. The molecule has 128 valence electrons. The standard InChI is InChI=1S/C17H20N2O3S2/c1-24(21,22)11-10-18-16(20)12-6-2-3-7-13(12)17-19-14-8-4-5-9-15(14)23-17/h2-5,8-9,12-13H,6-7,10-11H2,1H3,(H,18,20)/t12-,13-/m1/s1. The summed E-state index contributed by atoms with van der Waals surface area (Å²) in [6.07, 6.45) is 6.73. The van der Waals surface area contributed by atoms with Crippen molar-refractivity contribution < 1.29 is 13.2 Å². The molecule has 0 unspecified atom stereocenters. The molecule has 1 aromatic heterocycles. The molecule has 24 heavy (non-hydrogen) atoms. The van der Waals surface area contributed by atoms with Crippen LogP contribution < -0.4 is 5.32 Å². The number of rotatable bonds is 5. The number of nitrogens with one attached hydrogen (secondary N) is 1. The molecule has 0 saturated heterocycles. The highest BCUT2D eigenvalue weighted by molar-refractivity contribution is 7.90. The minimum Gasteiger partial charge on any atom is -0.355 e. The first-order valence-corrected chi connectivity index (χ1v) is 10.8. The summed E-state index contributed by atoms with van der Waals surface area (Å²) < 4.78 is 23.5. The van der Waals surface area contributed by atoms with E-state index in [0.717, 1.165) is 21.6 Å². The molecular weight excluding hydrogens is 344 g/mol. The van der Waals surface area contributed by atoms with Gasteiger partial charge in [0, 0.05) is 18.7 Å². The highest BCUT2D eigenvalue weighted by atomic mass is 32.2. The Hall–Kier alpha value is -1.73. The molecule has 1 heterocycles. The number of thiazole rings is 1. The molecule has 2 aromatic rings. The van der Waals surface area contributed by atoms with Gasteiger partial charge in [0.25, 0.3) is 0 Å². The summed E-state index contributed by atoms with van der Waals surface area (Å²) in [6.45, 7) is 0.157. The van der Waals surface area contributed by atoms with Gasteiger partial charge in [-0.1, -0.05) is 24.3 Å². The third kappa shape index (κ3) is 4.02. The van der Waals surface area contributed by atoms with Crippen molar-refractivity contribution in [2.45, 2.75) is 18.8 Å². The summed E-state index contributed by atoms with van der Waals surface area (Å²) in [7, 11) is -3.07. The van der Waals surface area contributed by atoms with E-state index in [0.29, 0.717) is 6.42 Å². The fraction of sp³-hybridized carbons (Fsp3) is 0.412. The lowest BCUT2D eigenvalue weighted by atomic mass is 9.82. The number of nitrogens with zero attached hydrogens (tertiary/aromatic N) is 1. The zero-order chi connectivity index (χ0) is 17.2. The van der Waals surface area contributed by atoms with Crippen LogP contribution >= 0.6 is 11.3 Å². The molecule has 1 aliphatic rings. The van der Waals surface area contributed by atoms with Crippen molar-refractivity contribution in [3.8, 4) is 0 Å². The topological polar surface area (TPSA) is 76.1 Å². The Balaban J connectivity index is 1.75. The molecule has 0 bridgehead atoms. The highest BCUT2D eigenvalue weighted by Gasteiger charge is 2.32. The third-order valence-electron chi connectivity index (χ3n) is 4.17.